The van der Waals surface area contributed by atoms with Crippen LogP contribution in [-0.4, -0.2) is 10.3 Å². The Bertz CT molecular complexity index is 444. The summed E-state index contributed by atoms with van der Waals surface area (Å²) in [6.07, 6.45) is 0.447. The van der Waals surface area contributed by atoms with Gasteiger partial charge in [0.2, 0.25) is 0 Å². The van der Waals surface area contributed by atoms with Gasteiger partial charge in [0.1, 0.15) is 16.4 Å². The minimum Gasteiger partial charge on any atom is -0.460 e. The number of hydrogen-bond donors (Lipinski definition) is 0. The maximum Gasteiger partial charge on any atom is 0.315 e. The van der Waals surface area contributed by atoms with Crippen LogP contribution >= 0.6 is 39.1 Å². The first-order valence-corrected chi connectivity index (χ1v) is 6.69. The number of esters is 1. The van der Waals surface area contributed by atoms with Gasteiger partial charge in [0.05, 0.1) is 0 Å². The Hall–Kier alpha value is -0.250. The molecular weight excluding hydrogens is 327 g/mol. The molecule has 0 saturated heterocycles. The molecule has 17 heavy (non-hydrogen) atoms. The third-order valence-corrected chi connectivity index (χ3v) is 4.62. The smallest absolute Gasteiger partial charge is 0.315 e. The van der Waals surface area contributed by atoms with E-state index in [0.29, 0.717) is 6.42 Å². The van der Waals surface area contributed by atoms with Crippen LogP contribution in [0.3, 0.4) is 0 Å². The van der Waals surface area contributed by atoms with E-state index in [1.165, 1.54) is 0 Å². The maximum absolute atomic E-state index is 11.8. The first-order valence-electron chi connectivity index (χ1n) is 5.15. The number of halogens is 3. The zero-order chi connectivity index (χ0) is 12.7. The molecule has 1 aliphatic rings. The van der Waals surface area contributed by atoms with Gasteiger partial charge in [-0.1, -0.05) is 28.1 Å². The molecule has 0 spiro atoms. The van der Waals surface area contributed by atoms with Crippen molar-refractivity contribution >= 4 is 45.1 Å². The number of benzene rings is 1. The molecule has 0 bridgehead atoms. The van der Waals surface area contributed by atoms with Gasteiger partial charge in [-0.2, -0.15) is 0 Å². The molecule has 0 heterocycles. The highest BCUT2D eigenvalue weighted by molar-refractivity contribution is 9.10. The minimum atomic E-state index is -0.968. The van der Waals surface area contributed by atoms with E-state index in [4.69, 9.17) is 27.9 Å². The summed E-state index contributed by atoms with van der Waals surface area (Å²) >= 11 is 15.1. The number of carbonyl (C=O) groups is 1. The average Bonchev–Trinajstić information content (AvgIpc) is 2.78. The number of ether oxygens (including phenoxy) is 1. The van der Waals surface area contributed by atoms with Crippen molar-refractivity contribution in [2.45, 2.75) is 24.3 Å². The number of hydrogen-bond acceptors (Lipinski definition) is 2. The molecule has 0 N–H and O–H groups in total. The summed E-state index contributed by atoms with van der Waals surface area (Å²) in [4.78, 5) is 11.8. The Morgan fingerprint density at radius 3 is 2.41 bits per heavy atom. The van der Waals surface area contributed by atoms with Crippen molar-refractivity contribution in [3.8, 4) is 0 Å². The topological polar surface area (TPSA) is 26.3 Å². The number of carbonyl (C=O) groups excluding carboxylic acids is 1. The molecule has 1 aliphatic carbocycles. The van der Waals surface area contributed by atoms with Crippen molar-refractivity contribution in [3.63, 3.8) is 0 Å². The lowest BCUT2D eigenvalue weighted by atomic mass is 10.1. The van der Waals surface area contributed by atoms with Crippen molar-refractivity contribution in [2.75, 3.05) is 0 Å². The van der Waals surface area contributed by atoms with Gasteiger partial charge in [0.15, 0.2) is 0 Å². The molecule has 1 atom stereocenters. The first-order chi connectivity index (χ1) is 7.85. The summed E-state index contributed by atoms with van der Waals surface area (Å²) in [7, 11) is 0. The minimum absolute atomic E-state index is 0.242. The highest BCUT2D eigenvalue weighted by atomic mass is 79.9. The van der Waals surface area contributed by atoms with E-state index in [1.54, 1.807) is 6.92 Å². The van der Waals surface area contributed by atoms with E-state index in [-0.39, 0.29) is 12.6 Å². The molecule has 2 nitrogen and oxygen atoms in total. The molecular formula is C12H11BrCl2O2. The predicted molar refractivity (Wildman–Crippen MR) is 71.1 cm³/mol. The van der Waals surface area contributed by atoms with E-state index in [1.807, 2.05) is 24.3 Å². The first kappa shape index (κ1) is 13.2. The lowest BCUT2D eigenvalue weighted by Gasteiger charge is -2.11. The van der Waals surface area contributed by atoms with Crippen LogP contribution in [-0.2, 0) is 16.1 Å². The molecule has 1 saturated carbocycles. The van der Waals surface area contributed by atoms with E-state index < -0.39 is 9.75 Å². The Morgan fingerprint density at radius 2 is 1.94 bits per heavy atom. The zero-order valence-electron chi connectivity index (χ0n) is 9.17. The van der Waals surface area contributed by atoms with Crippen LogP contribution < -0.4 is 0 Å². The molecule has 1 unspecified atom stereocenters. The standard InChI is InChI=1S/C12H11BrCl2O2/c1-11(7-12(11,14)15)10(16)17-6-8-2-4-9(13)5-3-8/h2-5H,6-7H2,1H3. The largest absolute Gasteiger partial charge is 0.460 e. The van der Waals surface area contributed by atoms with Gasteiger partial charge in [0, 0.05) is 10.9 Å². The van der Waals surface area contributed by atoms with Gasteiger partial charge in [-0.15, -0.1) is 23.2 Å². The quantitative estimate of drug-likeness (QED) is 0.613. The lowest BCUT2D eigenvalue weighted by molar-refractivity contribution is -0.150. The molecule has 1 aromatic rings. The fourth-order valence-corrected chi connectivity index (χ4v) is 2.46. The number of rotatable bonds is 3. The zero-order valence-corrected chi connectivity index (χ0v) is 12.3. The summed E-state index contributed by atoms with van der Waals surface area (Å²) in [6.45, 7) is 1.96. The molecule has 5 heteroatoms. The van der Waals surface area contributed by atoms with Crippen molar-refractivity contribution in [3.05, 3.63) is 34.3 Å². The van der Waals surface area contributed by atoms with E-state index in [9.17, 15) is 4.79 Å². The third-order valence-electron chi connectivity index (χ3n) is 2.99. The fraction of sp³-hybridized carbons (Fsp3) is 0.417. The third kappa shape index (κ3) is 2.61. The van der Waals surface area contributed by atoms with E-state index in [2.05, 4.69) is 15.9 Å². The maximum atomic E-state index is 11.8. The second-order valence-electron chi connectivity index (χ2n) is 4.42. The Morgan fingerprint density at radius 1 is 1.41 bits per heavy atom. The molecule has 0 aliphatic heterocycles. The second-order valence-corrected chi connectivity index (χ2v) is 6.82. The van der Waals surface area contributed by atoms with Crippen LogP contribution in [0.4, 0.5) is 0 Å². The van der Waals surface area contributed by atoms with E-state index in [0.717, 1.165) is 10.0 Å². The van der Waals surface area contributed by atoms with Crippen LogP contribution in [0.2, 0.25) is 0 Å². The van der Waals surface area contributed by atoms with Crippen LogP contribution in [0.25, 0.3) is 0 Å². The lowest BCUT2D eigenvalue weighted by Crippen LogP contribution is -2.21. The molecule has 0 radical (unpaired) electrons. The Kier molecular flexibility index (Phi) is 3.45. The summed E-state index contributed by atoms with van der Waals surface area (Å²) in [5.74, 6) is -0.342. The Balaban J connectivity index is 1.91. The van der Waals surface area contributed by atoms with Gasteiger partial charge in [0.25, 0.3) is 0 Å². The molecule has 0 aromatic heterocycles. The van der Waals surface area contributed by atoms with Crippen molar-refractivity contribution < 1.29 is 9.53 Å². The summed E-state index contributed by atoms with van der Waals surface area (Å²) in [6, 6.07) is 7.58. The van der Waals surface area contributed by atoms with Crippen molar-refractivity contribution in [2.24, 2.45) is 5.41 Å². The van der Waals surface area contributed by atoms with Gasteiger partial charge in [-0.25, -0.2) is 0 Å². The molecule has 0 amide bonds. The molecule has 92 valence electrons. The highest BCUT2D eigenvalue weighted by Gasteiger charge is 2.69. The van der Waals surface area contributed by atoms with Crippen LogP contribution in [0, 0.1) is 5.41 Å². The van der Waals surface area contributed by atoms with Crippen molar-refractivity contribution in [1.82, 2.24) is 0 Å². The summed E-state index contributed by atoms with van der Waals surface area (Å²) in [5, 5.41) is 0. The number of alkyl halides is 2. The normalized spacial score (nSPS) is 25.4. The van der Waals surface area contributed by atoms with Gasteiger partial charge >= 0.3 is 5.97 Å². The highest BCUT2D eigenvalue weighted by Crippen LogP contribution is 2.64. The molecule has 1 aromatic carbocycles. The summed E-state index contributed by atoms with van der Waals surface area (Å²) in [5.41, 5.74) is 0.173. The molecule has 2 rings (SSSR count). The second kappa shape index (κ2) is 4.45. The average molecular weight is 338 g/mol. The Labute approximate surface area is 118 Å². The molecule has 1 fully saturated rings. The van der Waals surface area contributed by atoms with Gasteiger partial charge in [-0.05, 0) is 24.6 Å². The monoisotopic (exact) mass is 336 g/mol. The van der Waals surface area contributed by atoms with Crippen LogP contribution in [0.5, 0.6) is 0 Å². The fourth-order valence-electron chi connectivity index (χ4n) is 1.51. The van der Waals surface area contributed by atoms with E-state index >= 15 is 0 Å². The van der Waals surface area contributed by atoms with Gasteiger partial charge < -0.3 is 4.74 Å². The van der Waals surface area contributed by atoms with Gasteiger partial charge in [-0.3, -0.25) is 4.79 Å². The van der Waals surface area contributed by atoms with Crippen LogP contribution in [0.15, 0.2) is 28.7 Å². The van der Waals surface area contributed by atoms with Crippen LogP contribution in [0.1, 0.15) is 18.9 Å². The SMILES string of the molecule is CC1(C(=O)OCc2ccc(Br)cc2)CC1(Cl)Cl. The predicted octanol–water partition coefficient (Wildman–Crippen LogP) is 4.08. The summed E-state index contributed by atoms with van der Waals surface area (Å²) < 4.78 is 5.23. The van der Waals surface area contributed by atoms with Crippen molar-refractivity contribution in [1.29, 1.82) is 0 Å².